The van der Waals surface area contributed by atoms with E-state index in [0.29, 0.717) is 6.42 Å². The summed E-state index contributed by atoms with van der Waals surface area (Å²) in [5, 5.41) is 8.71. The second kappa shape index (κ2) is 3.83. The number of carbonyl (C=O) groups is 2. The lowest BCUT2D eigenvalue weighted by Gasteiger charge is -2.23. The summed E-state index contributed by atoms with van der Waals surface area (Å²) in [4.78, 5) is 23.1. The quantitative estimate of drug-likeness (QED) is 0.635. The Balaban J connectivity index is 2.75. The Morgan fingerprint density at radius 2 is 2.07 bits per heavy atom. The lowest BCUT2D eigenvalue weighted by atomic mass is 10.0. The molecule has 1 aliphatic rings. The van der Waals surface area contributed by atoms with Gasteiger partial charge in [0.25, 0.3) is 0 Å². The number of hydrogen-bond acceptors (Lipinski definition) is 4. The minimum Gasteiger partial charge on any atom is -0.467 e. The molecule has 1 unspecified atom stereocenters. The smallest absolute Gasteiger partial charge is 0.407 e. The first-order valence-corrected chi connectivity index (χ1v) is 4.17. The van der Waals surface area contributed by atoms with E-state index in [1.165, 1.54) is 14.2 Å². The molecule has 0 aromatic rings. The predicted octanol–water partition coefficient (Wildman–Crippen LogP) is -0.0717. The Hall–Kier alpha value is -1.30. The van der Waals surface area contributed by atoms with E-state index in [1.54, 1.807) is 0 Å². The van der Waals surface area contributed by atoms with Crippen LogP contribution in [0.3, 0.4) is 0 Å². The first-order chi connectivity index (χ1) is 6.55. The van der Waals surface area contributed by atoms with Crippen molar-refractivity contribution in [3.8, 4) is 0 Å². The topological polar surface area (TPSA) is 76.1 Å². The summed E-state index contributed by atoms with van der Waals surface area (Å²) >= 11 is 0. The molecular formula is C8H13NO5. The van der Waals surface area contributed by atoms with Crippen molar-refractivity contribution in [3.63, 3.8) is 0 Å². The van der Waals surface area contributed by atoms with Crippen LogP contribution < -0.4 is 0 Å². The van der Waals surface area contributed by atoms with Crippen LogP contribution in [0.25, 0.3) is 0 Å². The van der Waals surface area contributed by atoms with Gasteiger partial charge in [0, 0.05) is 20.1 Å². The summed E-state index contributed by atoms with van der Waals surface area (Å²) in [5.74, 6) is -0.524. The van der Waals surface area contributed by atoms with Crippen LogP contribution in [0, 0.1) is 0 Å². The zero-order valence-electron chi connectivity index (χ0n) is 8.15. The summed E-state index contributed by atoms with van der Waals surface area (Å²) in [6, 6.07) is 0. The van der Waals surface area contributed by atoms with E-state index < -0.39 is 17.7 Å². The Kier molecular flexibility index (Phi) is 2.95. The molecule has 1 amide bonds. The molecule has 0 bridgehead atoms. The average molecular weight is 203 g/mol. The summed E-state index contributed by atoms with van der Waals surface area (Å²) in [6.45, 7) is 0.323. The number of hydrogen-bond donors (Lipinski definition) is 1. The van der Waals surface area contributed by atoms with E-state index in [0.717, 1.165) is 4.90 Å². The molecule has 0 aliphatic carbocycles. The number of rotatable bonds is 2. The van der Waals surface area contributed by atoms with Crippen LogP contribution in [-0.4, -0.2) is 55.0 Å². The lowest BCUT2D eigenvalue weighted by molar-refractivity contribution is -0.164. The van der Waals surface area contributed by atoms with Crippen LogP contribution in [0.2, 0.25) is 0 Å². The predicted molar refractivity (Wildman–Crippen MR) is 46.0 cm³/mol. The molecule has 0 spiro atoms. The minimum absolute atomic E-state index is 0.0332. The van der Waals surface area contributed by atoms with Crippen LogP contribution in [-0.2, 0) is 14.3 Å². The third kappa shape index (κ3) is 1.65. The number of carboxylic acid groups (broad SMARTS) is 1. The van der Waals surface area contributed by atoms with Crippen molar-refractivity contribution in [2.45, 2.75) is 12.0 Å². The fourth-order valence-corrected chi connectivity index (χ4v) is 1.55. The Labute approximate surface area is 81.4 Å². The molecule has 0 aromatic heterocycles. The second-order valence-electron chi connectivity index (χ2n) is 3.14. The highest BCUT2D eigenvalue weighted by atomic mass is 16.6. The van der Waals surface area contributed by atoms with E-state index >= 15 is 0 Å². The van der Waals surface area contributed by atoms with Crippen molar-refractivity contribution >= 4 is 12.1 Å². The van der Waals surface area contributed by atoms with Gasteiger partial charge in [0.2, 0.25) is 0 Å². The largest absolute Gasteiger partial charge is 0.467 e. The maximum atomic E-state index is 11.4. The molecule has 1 N–H and O–H groups in total. The first-order valence-electron chi connectivity index (χ1n) is 4.17. The maximum Gasteiger partial charge on any atom is 0.407 e. The summed E-state index contributed by atoms with van der Waals surface area (Å²) < 4.78 is 9.63. The van der Waals surface area contributed by atoms with Crippen molar-refractivity contribution in [1.29, 1.82) is 0 Å². The fourth-order valence-electron chi connectivity index (χ4n) is 1.55. The third-order valence-corrected chi connectivity index (χ3v) is 2.45. The highest BCUT2D eigenvalue weighted by molar-refractivity contribution is 5.81. The van der Waals surface area contributed by atoms with E-state index in [9.17, 15) is 9.59 Å². The molecule has 0 saturated carbocycles. The Morgan fingerprint density at radius 3 is 2.43 bits per heavy atom. The summed E-state index contributed by atoms with van der Waals surface area (Å²) in [5.41, 5.74) is -1.12. The van der Waals surface area contributed by atoms with Gasteiger partial charge in [-0.3, -0.25) is 0 Å². The third-order valence-electron chi connectivity index (χ3n) is 2.45. The number of ether oxygens (including phenoxy) is 2. The van der Waals surface area contributed by atoms with E-state index in [-0.39, 0.29) is 13.1 Å². The zero-order chi connectivity index (χ0) is 10.8. The SMILES string of the molecule is COC(=O)C1(OC)CCN(C(=O)O)C1. The molecule has 6 heteroatoms. The van der Waals surface area contributed by atoms with Gasteiger partial charge >= 0.3 is 12.1 Å². The molecule has 0 radical (unpaired) electrons. The Bertz CT molecular complexity index is 254. The van der Waals surface area contributed by atoms with Crippen molar-refractivity contribution in [2.24, 2.45) is 0 Å². The summed E-state index contributed by atoms with van der Waals surface area (Å²) in [6.07, 6.45) is -0.713. The number of likely N-dealkylation sites (tertiary alicyclic amines) is 1. The fraction of sp³-hybridized carbons (Fsp3) is 0.750. The molecular weight excluding hydrogens is 190 g/mol. The van der Waals surface area contributed by atoms with E-state index in [1.807, 2.05) is 0 Å². The first kappa shape index (κ1) is 10.8. The average Bonchev–Trinajstić information content (AvgIpc) is 2.62. The molecule has 1 rings (SSSR count). The molecule has 1 fully saturated rings. The second-order valence-corrected chi connectivity index (χ2v) is 3.14. The number of esters is 1. The van der Waals surface area contributed by atoms with Crippen LogP contribution in [0.5, 0.6) is 0 Å². The lowest BCUT2D eigenvalue weighted by Crippen LogP contribution is -2.45. The highest BCUT2D eigenvalue weighted by Crippen LogP contribution is 2.26. The van der Waals surface area contributed by atoms with Gasteiger partial charge in [-0.25, -0.2) is 9.59 Å². The summed E-state index contributed by atoms with van der Waals surface area (Å²) in [7, 11) is 2.63. The molecule has 0 aromatic carbocycles. The van der Waals surface area contributed by atoms with Gasteiger partial charge in [0.15, 0.2) is 5.60 Å². The molecule has 1 aliphatic heterocycles. The van der Waals surface area contributed by atoms with Gasteiger partial charge < -0.3 is 19.5 Å². The van der Waals surface area contributed by atoms with Crippen LogP contribution >= 0.6 is 0 Å². The molecule has 6 nitrogen and oxygen atoms in total. The van der Waals surface area contributed by atoms with Gasteiger partial charge in [-0.1, -0.05) is 0 Å². The molecule has 1 saturated heterocycles. The van der Waals surface area contributed by atoms with Gasteiger partial charge in [0.05, 0.1) is 13.7 Å². The number of methoxy groups -OCH3 is 2. The van der Waals surface area contributed by atoms with Crippen molar-refractivity contribution in [1.82, 2.24) is 4.90 Å². The van der Waals surface area contributed by atoms with Gasteiger partial charge in [0.1, 0.15) is 0 Å². The van der Waals surface area contributed by atoms with Crippen molar-refractivity contribution < 1.29 is 24.2 Å². The number of carbonyl (C=O) groups excluding carboxylic acids is 1. The maximum absolute atomic E-state index is 11.4. The van der Waals surface area contributed by atoms with Crippen molar-refractivity contribution in [3.05, 3.63) is 0 Å². The van der Waals surface area contributed by atoms with Gasteiger partial charge in [-0.05, 0) is 0 Å². The monoisotopic (exact) mass is 203 g/mol. The van der Waals surface area contributed by atoms with Gasteiger partial charge in [-0.15, -0.1) is 0 Å². The molecule has 1 heterocycles. The number of nitrogens with zero attached hydrogens (tertiary/aromatic N) is 1. The van der Waals surface area contributed by atoms with Gasteiger partial charge in [-0.2, -0.15) is 0 Å². The minimum atomic E-state index is -1.12. The molecule has 80 valence electrons. The van der Waals surface area contributed by atoms with Crippen molar-refractivity contribution in [2.75, 3.05) is 27.3 Å². The highest BCUT2D eigenvalue weighted by Gasteiger charge is 2.47. The number of amides is 1. The van der Waals surface area contributed by atoms with E-state index in [2.05, 4.69) is 4.74 Å². The van der Waals surface area contributed by atoms with Crippen LogP contribution in [0.4, 0.5) is 4.79 Å². The molecule has 14 heavy (non-hydrogen) atoms. The zero-order valence-corrected chi connectivity index (χ0v) is 8.15. The normalized spacial score (nSPS) is 26.3. The van der Waals surface area contributed by atoms with E-state index in [4.69, 9.17) is 9.84 Å². The Morgan fingerprint density at radius 1 is 1.43 bits per heavy atom. The standard InChI is InChI=1S/C8H13NO5/c1-13-6(10)8(14-2)3-4-9(5-8)7(11)12/h3-5H2,1-2H3,(H,11,12). The molecule has 1 atom stereocenters. The van der Waals surface area contributed by atoms with Crippen LogP contribution in [0.1, 0.15) is 6.42 Å². The van der Waals surface area contributed by atoms with Crippen LogP contribution in [0.15, 0.2) is 0 Å².